The molecular weight excluding hydrogens is 586 g/mol. The third kappa shape index (κ3) is 8.23. The average molecular weight is 616 g/mol. The van der Waals surface area contributed by atoms with Crippen LogP contribution in [0.3, 0.4) is 0 Å². The highest BCUT2D eigenvalue weighted by molar-refractivity contribution is 8.01. The highest BCUT2D eigenvalue weighted by Gasteiger charge is 2.21. The number of methoxy groups -OCH3 is 1. The Morgan fingerprint density at radius 1 is 1.00 bits per heavy atom. The van der Waals surface area contributed by atoms with Gasteiger partial charge in [0.25, 0.3) is 5.91 Å². The number of thiazole rings is 1. The highest BCUT2D eigenvalue weighted by atomic mass is 32.2. The van der Waals surface area contributed by atoms with E-state index in [0.717, 1.165) is 26.5 Å². The van der Waals surface area contributed by atoms with Crippen LogP contribution in [0.1, 0.15) is 38.7 Å². The van der Waals surface area contributed by atoms with Gasteiger partial charge in [-0.1, -0.05) is 77.7 Å². The van der Waals surface area contributed by atoms with Gasteiger partial charge in [0.2, 0.25) is 0 Å². The number of carbonyl (C=O) groups excluding carboxylic acids is 1. The third-order valence-corrected chi connectivity index (χ3v) is 8.46. The molecule has 2 N–H and O–H groups in total. The number of nitrogens with one attached hydrogen (secondary N) is 2. The number of pyridine rings is 2. The molecule has 2 aromatic carbocycles. The van der Waals surface area contributed by atoms with Gasteiger partial charge < -0.3 is 20.1 Å². The Bertz CT molecular complexity index is 1670. The number of aryl methyl sites for hydroxylation is 1. The van der Waals surface area contributed by atoms with Gasteiger partial charge in [0.1, 0.15) is 12.6 Å². The van der Waals surface area contributed by atoms with Crippen molar-refractivity contribution in [1.82, 2.24) is 20.3 Å². The molecule has 11 heteroatoms. The standard InChI is InChI=1S/C32H30FN5O3S2/c1-21-11-13-34-27(15-21)38-32-37-18-28(43-32)42-26-12-14-35-30(29(26)33)31(39)36-17-25(23-8-4-3-5-9-23)24-10-6-7-22(16-24)19-41-20-40-2/h3-16,18,25H,17,19-20H2,1-2H3,(H,36,39)(H,34,37,38). The minimum atomic E-state index is -0.679. The molecule has 5 aromatic rings. The van der Waals surface area contributed by atoms with E-state index in [4.69, 9.17) is 9.47 Å². The van der Waals surface area contributed by atoms with Crippen LogP contribution >= 0.6 is 23.1 Å². The average Bonchev–Trinajstić information content (AvgIpc) is 3.45. The second-order valence-corrected chi connectivity index (χ2v) is 11.9. The molecule has 1 unspecified atom stereocenters. The van der Waals surface area contributed by atoms with Crippen LogP contribution in [0.25, 0.3) is 0 Å². The molecule has 0 aliphatic rings. The van der Waals surface area contributed by atoms with Crippen molar-refractivity contribution < 1.29 is 18.7 Å². The second-order valence-electron chi connectivity index (χ2n) is 9.57. The topological polar surface area (TPSA) is 98.3 Å². The van der Waals surface area contributed by atoms with Crippen molar-refractivity contribution in [3.63, 3.8) is 0 Å². The number of aromatic nitrogens is 3. The van der Waals surface area contributed by atoms with E-state index in [1.54, 1.807) is 25.6 Å². The third-order valence-electron chi connectivity index (χ3n) is 6.41. The lowest BCUT2D eigenvalue weighted by molar-refractivity contribution is -0.0390. The number of anilines is 2. The summed E-state index contributed by atoms with van der Waals surface area (Å²) >= 11 is 2.55. The molecule has 8 nitrogen and oxygen atoms in total. The Hall–Kier alpha value is -4.16. The summed E-state index contributed by atoms with van der Waals surface area (Å²) in [7, 11) is 1.58. The van der Waals surface area contributed by atoms with Crippen molar-refractivity contribution in [3.05, 3.63) is 125 Å². The Morgan fingerprint density at radius 3 is 2.63 bits per heavy atom. The largest absolute Gasteiger partial charge is 0.359 e. The first-order valence-electron chi connectivity index (χ1n) is 13.5. The van der Waals surface area contributed by atoms with Gasteiger partial charge in [-0.15, -0.1) is 0 Å². The molecule has 5 rings (SSSR count). The molecule has 0 spiro atoms. The number of ether oxygens (including phenoxy) is 2. The van der Waals surface area contributed by atoms with Crippen LogP contribution < -0.4 is 10.6 Å². The molecular formula is C32H30FN5O3S2. The van der Waals surface area contributed by atoms with Gasteiger partial charge in [0.15, 0.2) is 16.6 Å². The molecule has 0 aliphatic carbocycles. The fourth-order valence-corrected chi connectivity index (χ4v) is 6.25. The zero-order chi connectivity index (χ0) is 30.0. The fraction of sp³-hybridized carbons (Fsp3) is 0.188. The number of rotatable bonds is 13. The van der Waals surface area contributed by atoms with E-state index in [1.807, 2.05) is 73.7 Å². The van der Waals surface area contributed by atoms with Gasteiger partial charge in [-0.25, -0.2) is 19.3 Å². The summed E-state index contributed by atoms with van der Waals surface area (Å²) in [5, 5.41) is 6.71. The van der Waals surface area contributed by atoms with Crippen LogP contribution in [0.2, 0.25) is 0 Å². The summed E-state index contributed by atoms with van der Waals surface area (Å²) in [5.74, 6) is -0.751. The van der Waals surface area contributed by atoms with E-state index in [1.165, 1.54) is 29.3 Å². The smallest absolute Gasteiger partial charge is 0.273 e. The maximum Gasteiger partial charge on any atom is 0.273 e. The van der Waals surface area contributed by atoms with Crippen molar-refractivity contribution in [2.24, 2.45) is 0 Å². The van der Waals surface area contributed by atoms with Crippen LogP contribution in [0, 0.1) is 12.7 Å². The van der Waals surface area contributed by atoms with Crippen LogP contribution in [0.5, 0.6) is 0 Å². The molecule has 3 heterocycles. The van der Waals surface area contributed by atoms with Crippen molar-refractivity contribution in [1.29, 1.82) is 0 Å². The number of halogens is 1. The molecule has 3 aromatic heterocycles. The molecule has 43 heavy (non-hydrogen) atoms. The molecule has 220 valence electrons. The van der Waals surface area contributed by atoms with E-state index >= 15 is 4.39 Å². The van der Waals surface area contributed by atoms with Crippen LogP contribution in [-0.2, 0) is 16.1 Å². The number of benzene rings is 2. The summed E-state index contributed by atoms with van der Waals surface area (Å²) in [6.07, 6.45) is 4.82. The molecule has 0 radical (unpaired) electrons. The van der Waals surface area contributed by atoms with Crippen molar-refractivity contribution in [3.8, 4) is 0 Å². The zero-order valence-corrected chi connectivity index (χ0v) is 25.3. The molecule has 1 amide bonds. The fourth-order valence-electron chi connectivity index (χ4n) is 4.38. The van der Waals surface area contributed by atoms with Gasteiger partial charge in [0.05, 0.1) is 21.9 Å². The molecule has 0 aliphatic heterocycles. The lowest BCUT2D eigenvalue weighted by atomic mass is 9.90. The summed E-state index contributed by atoms with van der Waals surface area (Å²) in [4.78, 5) is 26.2. The summed E-state index contributed by atoms with van der Waals surface area (Å²) in [6, 6.07) is 23.2. The minimum absolute atomic E-state index is 0.167. The van der Waals surface area contributed by atoms with Crippen LogP contribution in [0.4, 0.5) is 15.3 Å². The Kier molecular flexibility index (Phi) is 10.5. The van der Waals surface area contributed by atoms with Crippen molar-refractivity contribution in [2.45, 2.75) is 28.6 Å². The van der Waals surface area contributed by atoms with Crippen molar-refractivity contribution >= 4 is 40.0 Å². The summed E-state index contributed by atoms with van der Waals surface area (Å²) < 4.78 is 26.8. The van der Waals surface area contributed by atoms with Gasteiger partial charge in [-0.2, -0.15) is 0 Å². The van der Waals surface area contributed by atoms with Gasteiger partial charge in [-0.3, -0.25) is 4.79 Å². The lowest BCUT2D eigenvalue weighted by Crippen LogP contribution is -2.30. The van der Waals surface area contributed by atoms with Crippen LogP contribution in [0.15, 0.2) is 100 Å². The van der Waals surface area contributed by atoms with E-state index in [0.29, 0.717) is 17.6 Å². The zero-order valence-electron chi connectivity index (χ0n) is 23.6. The number of amides is 1. The Balaban J connectivity index is 1.28. The maximum atomic E-state index is 15.6. The molecule has 0 fully saturated rings. The molecule has 0 saturated heterocycles. The number of hydrogen-bond donors (Lipinski definition) is 2. The van der Waals surface area contributed by atoms with Crippen molar-refractivity contribution in [2.75, 3.05) is 25.8 Å². The Labute approximate surface area is 257 Å². The quantitative estimate of drug-likeness (QED) is 0.108. The predicted octanol–water partition coefficient (Wildman–Crippen LogP) is 6.96. The normalized spacial score (nSPS) is 11.7. The number of carbonyl (C=O) groups is 1. The number of hydrogen-bond acceptors (Lipinski definition) is 9. The van der Waals surface area contributed by atoms with Gasteiger partial charge in [-0.05, 0) is 47.4 Å². The molecule has 1 atom stereocenters. The lowest BCUT2D eigenvalue weighted by Gasteiger charge is -2.20. The summed E-state index contributed by atoms with van der Waals surface area (Å²) in [6.45, 7) is 2.83. The first kappa shape index (κ1) is 30.3. The van der Waals surface area contributed by atoms with E-state index in [9.17, 15) is 4.79 Å². The number of nitrogens with zero attached hydrogens (tertiary/aromatic N) is 3. The van der Waals surface area contributed by atoms with E-state index < -0.39 is 11.7 Å². The SMILES string of the molecule is COCOCc1cccc(C(CNC(=O)c2nccc(Sc3cnc(Nc4cc(C)ccn4)s3)c2F)c2ccccc2)c1. The maximum absolute atomic E-state index is 15.6. The monoisotopic (exact) mass is 615 g/mol. The first-order chi connectivity index (χ1) is 21.0. The van der Waals surface area contributed by atoms with Crippen LogP contribution in [-0.4, -0.2) is 41.3 Å². The van der Waals surface area contributed by atoms with Gasteiger partial charge in [0, 0.05) is 32.0 Å². The Morgan fingerprint density at radius 2 is 1.81 bits per heavy atom. The second kappa shape index (κ2) is 14.8. The molecule has 0 saturated carbocycles. The summed E-state index contributed by atoms with van der Waals surface area (Å²) in [5.41, 5.74) is 3.81. The van der Waals surface area contributed by atoms with E-state index in [-0.39, 0.29) is 29.8 Å². The molecule has 0 bridgehead atoms. The van der Waals surface area contributed by atoms with Gasteiger partial charge >= 0.3 is 0 Å². The minimum Gasteiger partial charge on any atom is -0.359 e. The predicted molar refractivity (Wildman–Crippen MR) is 166 cm³/mol. The first-order valence-corrected chi connectivity index (χ1v) is 15.1. The van der Waals surface area contributed by atoms with E-state index in [2.05, 4.69) is 25.6 Å². The highest BCUT2D eigenvalue weighted by Crippen LogP contribution is 2.36.